The lowest BCUT2D eigenvalue weighted by Crippen LogP contribution is -2.38. The molecule has 2 N–H and O–H groups in total. The van der Waals surface area contributed by atoms with Crippen LogP contribution in [0.2, 0.25) is 0 Å². The first-order valence-electron chi connectivity index (χ1n) is 10.1. The minimum atomic E-state index is -0.407. The van der Waals surface area contributed by atoms with Crippen LogP contribution in [0.5, 0.6) is 0 Å². The van der Waals surface area contributed by atoms with Gasteiger partial charge in [0.25, 0.3) is 0 Å². The molecule has 1 saturated heterocycles. The van der Waals surface area contributed by atoms with Crippen molar-refractivity contribution in [2.45, 2.75) is 62.8 Å². The molecule has 2 aliphatic rings. The number of nitrogens with zero attached hydrogens (tertiary/aromatic N) is 3. The number of nitrogens with two attached hydrogens (primary N) is 1. The number of likely N-dealkylation sites (tertiary alicyclic amines) is 1. The van der Waals surface area contributed by atoms with E-state index in [1.165, 1.54) is 5.56 Å². The summed E-state index contributed by atoms with van der Waals surface area (Å²) in [6, 6.07) is 10.2. The number of benzene rings is 1. The predicted octanol–water partition coefficient (Wildman–Crippen LogP) is 3.56. The highest BCUT2D eigenvalue weighted by Crippen LogP contribution is 2.36. The van der Waals surface area contributed by atoms with Gasteiger partial charge in [-0.2, -0.15) is 4.98 Å². The molecule has 2 fully saturated rings. The van der Waals surface area contributed by atoms with Crippen LogP contribution in [-0.4, -0.2) is 34.0 Å². The zero-order valence-corrected chi connectivity index (χ0v) is 17.0. The average Bonchev–Trinajstić information content (AvgIpc) is 3.37. The maximum atomic E-state index is 12.5. The Labute approximate surface area is 172 Å². The van der Waals surface area contributed by atoms with E-state index in [9.17, 15) is 4.79 Å². The highest BCUT2D eigenvalue weighted by molar-refractivity contribution is 5.85. The molecule has 1 saturated carbocycles. The molecule has 0 unspecified atom stereocenters. The van der Waals surface area contributed by atoms with Crippen molar-refractivity contribution in [2.24, 2.45) is 5.73 Å². The SMILES string of the molecule is Cl.NC1(c2noc(C3CCN(C(=O)CCc4ccccc4)CC3)n2)CCCC1. The van der Waals surface area contributed by atoms with Gasteiger partial charge in [-0.05, 0) is 37.7 Å². The van der Waals surface area contributed by atoms with Crippen molar-refractivity contribution < 1.29 is 9.32 Å². The summed E-state index contributed by atoms with van der Waals surface area (Å²) in [7, 11) is 0. The van der Waals surface area contributed by atoms with Crippen LogP contribution in [0.25, 0.3) is 0 Å². The van der Waals surface area contributed by atoms with Crippen molar-refractivity contribution in [3.63, 3.8) is 0 Å². The summed E-state index contributed by atoms with van der Waals surface area (Å²) in [4.78, 5) is 19.1. The second kappa shape index (κ2) is 9.05. The Morgan fingerprint density at radius 1 is 1.18 bits per heavy atom. The third-order valence-electron chi connectivity index (χ3n) is 6.05. The number of aryl methyl sites for hydroxylation is 1. The summed E-state index contributed by atoms with van der Waals surface area (Å²) in [6.07, 6.45) is 7.22. The first kappa shape index (κ1) is 20.8. The Hall–Kier alpha value is -1.92. The lowest BCUT2D eigenvalue weighted by Gasteiger charge is -2.30. The Balaban J connectivity index is 0.00000225. The summed E-state index contributed by atoms with van der Waals surface area (Å²) in [5.41, 5.74) is 7.23. The third kappa shape index (κ3) is 4.55. The van der Waals surface area contributed by atoms with Gasteiger partial charge in [-0.25, -0.2) is 0 Å². The second-order valence-electron chi connectivity index (χ2n) is 7.96. The van der Waals surface area contributed by atoms with Crippen LogP contribution < -0.4 is 5.73 Å². The van der Waals surface area contributed by atoms with Crippen LogP contribution in [0.1, 0.15) is 68.1 Å². The average molecular weight is 405 g/mol. The van der Waals surface area contributed by atoms with Crippen molar-refractivity contribution in [1.29, 1.82) is 0 Å². The fourth-order valence-corrected chi connectivity index (χ4v) is 4.26. The number of hydrogen-bond donors (Lipinski definition) is 1. The zero-order chi connectivity index (χ0) is 18.7. The normalized spacial score (nSPS) is 19.4. The van der Waals surface area contributed by atoms with E-state index in [1.54, 1.807) is 0 Å². The van der Waals surface area contributed by atoms with Crippen molar-refractivity contribution in [1.82, 2.24) is 15.0 Å². The molecular weight excluding hydrogens is 376 g/mol. The van der Waals surface area contributed by atoms with Crippen LogP contribution >= 0.6 is 12.4 Å². The number of aromatic nitrogens is 2. The summed E-state index contributed by atoms with van der Waals surface area (Å²) >= 11 is 0. The van der Waals surface area contributed by atoms with Crippen molar-refractivity contribution in [3.8, 4) is 0 Å². The number of carbonyl (C=O) groups is 1. The number of amides is 1. The molecule has 0 radical (unpaired) electrons. The molecule has 7 heteroatoms. The molecule has 0 bridgehead atoms. The number of halogens is 1. The molecule has 1 aromatic carbocycles. The standard InChI is InChI=1S/C21H28N4O2.ClH/c22-21(12-4-5-13-21)20-23-19(27-24-20)17-10-14-25(15-11-17)18(26)9-8-16-6-2-1-3-7-16;/h1-3,6-7,17H,4-5,8-15,22H2;1H. The summed E-state index contributed by atoms with van der Waals surface area (Å²) in [5, 5.41) is 4.17. The molecule has 2 heterocycles. The van der Waals surface area contributed by atoms with Gasteiger partial charge in [0.15, 0.2) is 5.82 Å². The van der Waals surface area contributed by atoms with Crippen LogP contribution in [0.3, 0.4) is 0 Å². The van der Waals surface area contributed by atoms with Gasteiger partial charge in [-0.3, -0.25) is 4.79 Å². The van der Waals surface area contributed by atoms with Gasteiger partial charge in [-0.1, -0.05) is 48.3 Å². The minimum absolute atomic E-state index is 0. The molecule has 0 spiro atoms. The minimum Gasteiger partial charge on any atom is -0.343 e. The van der Waals surface area contributed by atoms with Gasteiger partial charge in [0.2, 0.25) is 11.8 Å². The first-order valence-corrected chi connectivity index (χ1v) is 10.1. The molecule has 2 aromatic rings. The molecule has 0 atom stereocenters. The lowest BCUT2D eigenvalue weighted by atomic mass is 9.95. The van der Waals surface area contributed by atoms with E-state index >= 15 is 0 Å². The van der Waals surface area contributed by atoms with Gasteiger partial charge in [0.05, 0.1) is 5.54 Å². The molecule has 28 heavy (non-hydrogen) atoms. The third-order valence-corrected chi connectivity index (χ3v) is 6.05. The van der Waals surface area contributed by atoms with Crippen LogP contribution in [-0.2, 0) is 16.8 Å². The topological polar surface area (TPSA) is 85.2 Å². The summed E-state index contributed by atoms with van der Waals surface area (Å²) < 4.78 is 5.54. The van der Waals surface area contributed by atoms with Crippen LogP contribution in [0.15, 0.2) is 34.9 Å². The van der Waals surface area contributed by atoms with Crippen LogP contribution in [0.4, 0.5) is 0 Å². The van der Waals surface area contributed by atoms with Crippen molar-refractivity contribution in [2.75, 3.05) is 13.1 Å². The Bertz CT molecular complexity index is 766. The summed E-state index contributed by atoms with van der Waals surface area (Å²) in [5.74, 6) is 1.82. The number of hydrogen-bond acceptors (Lipinski definition) is 5. The van der Waals surface area contributed by atoms with Gasteiger partial charge in [-0.15, -0.1) is 12.4 Å². The Morgan fingerprint density at radius 3 is 2.54 bits per heavy atom. The molecule has 1 aromatic heterocycles. The molecular formula is C21H29ClN4O2. The molecule has 4 rings (SSSR count). The van der Waals surface area contributed by atoms with Crippen LogP contribution in [0, 0.1) is 0 Å². The Kier molecular flexibility index (Phi) is 6.73. The fraction of sp³-hybridized carbons (Fsp3) is 0.571. The van der Waals surface area contributed by atoms with E-state index in [-0.39, 0.29) is 24.2 Å². The number of carbonyl (C=O) groups excluding carboxylic acids is 1. The molecule has 1 aliphatic carbocycles. The quantitative estimate of drug-likeness (QED) is 0.823. The number of rotatable bonds is 5. The molecule has 1 aliphatic heterocycles. The zero-order valence-electron chi connectivity index (χ0n) is 16.2. The van der Waals surface area contributed by atoms with E-state index in [1.807, 2.05) is 23.1 Å². The van der Waals surface area contributed by atoms with E-state index in [4.69, 9.17) is 10.3 Å². The van der Waals surface area contributed by atoms with E-state index in [0.29, 0.717) is 18.1 Å². The maximum Gasteiger partial charge on any atom is 0.229 e. The fourth-order valence-electron chi connectivity index (χ4n) is 4.26. The van der Waals surface area contributed by atoms with Gasteiger partial charge in [0.1, 0.15) is 0 Å². The summed E-state index contributed by atoms with van der Waals surface area (Å²) in [6.45, 7) is 1.51. The van der Waals surface area contributed by atoms with E-state index in [0.717, 1.165) is 58.0 Å². The van der Waals surface area contributed by atoms with Gasteiger partial charge < -0.3 is 15.2 Å². The highest BCUT2D eigenvalue weighted by Gasteiger charge is 2.37. The van der Waals surface area contributed by atoms with Gasteiger partial charge in [0, 0.05) is 25.4 Å². The highest BCUT2D eigenvalue weighted by atomic mass is 35.5. The molecule has 6 nitrogen and oxygen atoms in total. The first-order chi connectivity index (χ1) is 13.1. The van der Waals surface area contributed by atoms with E-state index < -0.39 is 5.54 Å². The van der Waals surface area contributed by atoms with Crippen molar-refractivity contribution in [3.05, 3.63) is 47.6 Å². The maximum absolute atomic E-state index is 12.5. The van der Waals surface area contributed by atoms with Crippen molar-refractivity contribution >= 4 is 18.3 Å². The predicted molar refractivity (Wildman–Crippen MR) is 109 cm³/mol. The largest absolute Gasteiger partial charge is 0.343 e. The molecule has 152 valence electrons. The smallest absolute Gasteiger partial charge is 0.229 e. The van der Waals surface area contributed by atoms with E-state index in [2.05, 4.69) is 22.3 Å². The Morgan fingerprint density at radius 2 is 1.86 bits per heavy atom. The lowest BCUT2D eigenvalue weighted by molar-refractivity contribution is -0.132. The monoisotopic (exact) mass is 404 g/mol. The van der Waals surface area contributed by atoms with Gasteiger partial charge >= 0.3 is 0 Å². The second-order valence-corrected chi connectivity index (χ2v) is 7.96. The number of piperidine rings is 1. The molecule has 1 amide bonds.